The lowest BCUT2D eigenvalue weighted by atomic mass is 9.70. The first-order valence-electron chi connectivity index (χ1n) is 5.74. The highest BCUT2D eigenvalue weighted by molar-refractivity contribution is 4.89. The van der Waals surface area contributed by atoms with Gasteiger partial charge in [-0.25, -0.2) is 0 Å². The van der Waals surface area contributed by atoms with Crippen LogP contribution in [0.3, 0.4) is 0 Å². The Bertz CT molecular complexity index is 172. The molecule has 0 spiro atoms. The third-order valence-corrected chi connectivity index (χ3v) is 3.70. The van der Waals surface area contributed by atoms with Crippen molar-refractivity contribution in [2.75, 3.05) is 0 Å². The Morgan fingerprint density at radius 1 is 0.857 bits per heavy atom. The lowest BCUT2D eigenvalue weighted by molar-refractivity contribution is -0.0659. The predicted octanol–water partition coefficient (Wildman–Crippen LogP) is 4.00. The number of rotatable bonds is 4. The average Bonchev–Trinajstić information content (AvgIpc) is 1.99. The number of hydrogen-bond donors (Lipinski definition) is 1. The van der Waals surface area contributed by atoms with Crippen molar-refractivity contribution in [1.82, 2.24) is 0 Å². The smallest absolute Gasteiger partial charge is 0.0670 e. The normalized spacial score (nSPS) is 18.0. The quantitative estimate of drug-likeness (QED) is 0.727. The molecule has 14 heavy (non-hydrogen) atoms. The van der Waals surface area contributed by atoms with Gasteiger partial charge in [-0.3, -0.25) is 0 Å². The van der Waals surface area contributed by atoms with Crippen LogP contribution in [0.4, 0.5) is 0 Å². The maximum absolute atomic E-state index is 10.4. The molecule has 1 N–H and O–H groups in total. The summed E-state index contributed by atoms with van der Waals surface area (Å²) in [5, 5.41) is 10.4. The molecular weight excluding hydrogens is 172 g/mol. The number of hydrogen-bond acceptors (Lipinski definition) is 1. The molecular formula is C13H28O. The molecule has 86 valence electrons. The van der Waals surface area contributed by atoms with Crippen LogP contribution >= 0.6 is 0 Å². The first-order chi connectivity index (χ1) is 6.02. The van der Waals surface area contributed by atoms with Crippen LogP contribution < -0.4 is 0 Å². The summed E-state index contributed by atoms with van der Waals surface area (Å²) in [6.45, 7) is 15.1. The standard InChI is InChI=1S/C13H28O/c1-8-12(5,6)13(7,14)10-9-11(2,3)4/h14H,8-10H2,1-7H3. The predicted molar refractivity (Wildman–Crippen MR) is 63.4 cm³/mol. The zero-order valence-electron chi connectivity index (χ0n) is 11.1. The van der Waals surface area contributed by atoms with Gasteiger partial charge in [-0.2, -0.15) is 0 Å². The Kier molecular flexibility index (Phi) is 4.21. The fourth-order valence-electron chi connectivity index (χ4n) is 1.34. The third kappa shape index (κ3) is 4.00. The highest BCUT2D eigenvalue weighted by Gasteiger charge is 2.37. The van der Waals surface area contributed by atoms with Crippen LogP contribution in [0.25, 0.3) is 0 Å². The monoisotopic (exact) mass is 200 g/mol. The second-order valence-electron chi connectivity index (χ2n) is 6.57. The van der Waals surface area contributed by atoms with Gasteiger partial charge in [0.15, 0.2) is 0 Å². The molecule has 1 heteroatoms. The van der Waals surface area contributed by atoms with Crippen molar-refractivity contribution < 1.29 is 5.11 Å². The Balaban J connectivity index is 4.35. The van der Waals surface area contributed by atoms with Crippen LogP contribution in [-0.2, 0) is 0 Å². The largest absolute Gasteiger partial charge is 0.390 e. The second-order valence-corrected chi connectivity index (χ2v) is 6.57. The molecule has 0 aromatic carbocycles. The minimum absolute atomic E-state index is 0.0122. The van der Waals surface area contributed by atoms with Crippen LogP contribution in [-0.4, -0.2) is 10.7 Å². The van der Waals surface area contributed by atoms with Crippen LogP contribution in [0.15, 0.2) is 0 Å². The molecule has 1 nitrogen and oxygen atoms in total. The van der Waals surface area contributed by atoms with Gasteiger partial charge in [0.1, 0.15) is 0 Å². The Labute approximate surface area is 89.9 Å². The van der Waals surface area contributed by atoms with Crippen molar-refractivity contribution in [2.45, 2.75) is 73.3 Å². The summed E-state index contributed by atoms with van der Waals surface area (Å²) in [4.78, 5) is 0. The summed E-state index contributed by atoms with van der Waals surface area (Å²) in [5.74, 6) is 0. The van der Waals surface area contributed by atoms with E-state index in [1.807, 2.05) is 6.92 Å². The second kappa shape index (κ2) is 4.22. The molecule has 0 heterocycles. The van der Waals surface area contributed by atoms with Crippen molar-refractivity contribution in [3.63, 3.8) is 0 Å². The fraction of sp³-hybridized carbons (Fsp3) is 1.00. The average molecular weight is 200 g/mol. The molecule has 0 rings (SSSR count). The van der Waals surface area contributed by atoms with E-state index in [1.165, 1.54) is 0 Å². The van der Waals surface area contributed by atoms with E-state index >= 15 is 0 Å². The molecule has 0 saturated carbocycles. The van der Waals surface area contributed by atoms with Crippen LogP contribution in [0.1, 0.15) is 67.7 Å². The Hall–Kier alpha value is -0.0400. The Morgan fingerprint density at radius 2 is 1.29 bits per heavy atom. The third-order valence-electron chi connectivity index (χ3n) is 3.70. The summed E-state index contributed by atoms with van der Waals surface area (Å²) in [5.41, 5.74) is -0.221. The molecule has 0 aliphatic carbocycles. The van der Waals surface area contributed by atoms with Gasteiger partial charge in [-0.1, -0.05) is 41.5 Å². The van der Waals surface area contributed by atoms with Crippen LogP contribution in [0.2, 0.25) is 0 Å². The van der Waals surface area contributed by atoms with Crippen LogP contribution in [0.5, 0.6) is 0 Å². The first-order valence-corrected chi connectivity index (χ1v) is 5.74. The van der Waals surface area contributed by atoms with Gasteiger partial charge in [0.2, 0.25) is 0 Å². The molecule has 0 fully saturated rings. The lowest BCUT2D eigenvalue weighted by Gasteiger charge is -2.41. The minimum Gasteiger partial charge on any atom is -0.390 e. The molecule has 0 aromatic heterocycles. The van der Waals surface area contributed by atoms with E-state index in [-0.39, 0.29) is 5.41 Å². The molecule has 0 aliphatic heterocycles. The highest BCUT2D eigenvalue weighted by atomic mass is 16.3. The van der Waals surface area contributed by atoms with Crippen LogP contribution in [0, 0.1) is 10.8 Å². The van der Waals surface area contributed by atoms with Crippen molar-refractivity contribution in [3.8, 4) is 0 Å². The van der Waals surface area contributed by atoms with E-state index in [0.717, 1.165) is 19.3 Å². The zero-order chi connectivity index (χ0) is 11.6. The molecule has 0 bridgehead atoms. The molecule has 0 amide bonds. The lowest BCUT2D eigenvalue weighted by Crippen LogP contribution is -2.42. The zero-order valence-corrected chi connectivity index (χ0v) is 11.1. The minimum atomic E-state index is -0.547. The molecule has 0 radical (unpaired) electrons. The SMILES string of the molecule is CCC(C)(C)C(C)(O)CCC(C)(C)C. The van der Waals surface area contributed by atoms with E-state index in [2.05, 4.69) is 41.5 Å². The first kappa shape index (κ1) is 14.0. The molecule has 1 unspecified atom stereocenters. The molecule has 1 atom stereocenters. The maximum Gasteiger partial charge on any atom is 0.0670 e. The van der Waals surface area contributed by atoms with E-state index in [1.54, 1.807) is 0 Å². The summed E-state index contributed by atoms with van der Waals surface area (Å²) < 4.78 is 0. The van der Waals surface area contributed by atoms with Crippen molar-refractivity contribution in [1.29, 1.82) is 0 Å². The topological polar surface area (TPSA) is 20.2 Å². The highest BCUT2D eigenvalue weighted by Crippen LogP contribution is 2.39. The molecule has 0 aromatic rings. The van der Waals surface area contributed by atoms with Gasteiger partial charge in [-0.05, 0) is 37.0 Å². The van der Waals surface area contributed by atoms with Crippen molar-refractivity contribution in [2.24, 2.45) is 10.8 Å². The van der Waals surface area contributed by atoms with E-state index in [4.69, 9.17) is 0 Å². The van der Waals surface area contributed by atoms with Gasteiger partial charge in [0, 0.05) is 0 Å². The van der Waals surface area contributed by atoms with E-state index in [0.29, 0.717) is 5.41 Å². The number of aliphatic hydroxyl groups is 1. The van der Waals surface area contributed by atoms with Gasteiger partial charge >= 0.3 is 0 Å². The summed E-state index contributed by atoms with van der Waals surface area (Å²) in [6, 6.07) is 0. The Morgan fingerprint density at radius 3 is 1.57 bits per heavy atom. The maximum atomic E-state index is 10.4. The van der Waals surface area contributed by atoms with Gasteiger partial charge in [0.05, 0.1) is 5.60 Å². The molecule has 0 saturated heterocycles. The fourth-order valence-corrected chi connectivity index (χ4v) is 1.34. The van der Waals surface area contributed by atoms with E-state index < -0.39 is 5.60 Å². The van der Waals surface area contributed by atoms with Gasteiger partial charge < -0.3 is 5.11 Å². The van der Waals surface area contributed by atoms with Crippen molar-refractivity contribution in [3.05, 3.63) is 0 Å². The van der Waals surface area contributed by atoms with Gasteiger partial charge in [0.25, 0.3) is 0 Å². The summed E-state index contributed by atoms with van der Waals surface area (Å²) >= 11 is 0. The summed E-state index contributed by atoms with van der Waals surface area (Å²) in [7, 11) is 0. The van der Waals surface area contributed by atoms with Gasteiger partial charge in [-0.15, -0.1) is 0 Å². The molecule has 0 aliphatic rings. The van der Waals surface area contributed by atoms with E-state index in [9.17, 15) is 5.11 Å². The summed E-state index contributed by atoms with van der Waals surface area (Å²) in [6.07, 6.45) is 2.98. The van der Waals surface area contributed by atoms with Crippen molar-refractivity contribution >= 4 is 0 Å².